The zero-order valence-corrected chi connectivity index (χ0v) is 11.7. The molecule has 0 saturated carbocycles. The summed E-state index contributed by atoms with van der Waals surface area (Å²) in [6, 6.07) is 2.32. The summed E-state index contributed by atoms with van der Waals surface area (Å²) in [5, 5.41) is 8.95. The lowest BCUT2D eigenvalue weighted by atomic mass is 10.1. The molecule has 0 radical (unpaired) electrons. The molecule has 3 nitrogen and oxygen atoms in total. The fraction of sp³-hybridized carbons (Fsp3) is 0.462. The summed E-state index contributed by atoms with van der Waals surface area (Å²) in [6.45, 7) is 1.28. The van der Waals surface area contributed by atoms with Gasteiger partial charge in [-0.1, -0.05) is 23.2 Å². The number of rotatable bonds is 3. The number of aliphatic hydroxyl groups excluding tert-OH is 1. The largest absolute Gasteiger partial charge is 0.396 e. The lowest BCUT2D eigenvalue weighted by Crippen LogP contribution is -2.29. The smallest absolute Gasteiger partial charge is 0.255 e. The van der Waals surface area contributed by atoms with Crippen LogP contribution in [0.2, 0.25) is 10.0 Å². The molecule has 1 aliphatic rings. The molecule has 6 heteroatoms. The molecule has 0 spiro atoms. The first kappa shape index (κ1) is 14.6. The molecule has 2 rings (SSSR count). The van der Waals surface area contributed by atoms with Crippen molar-refractivity contribution in [3.8, 4) is 0 Å². The van der Waals surface area contributed by atoms with Crippen molar-refractivity contribution in [1.82, 2.24) is 4.90 Å². The fourth-order valence-corrected chi connectivity index (χ4v) is 2.76. The maximum Gasteiger partial charge on any atom is 0.255 e. The lowest BCUT2D eigenvalue weighted by Gasteiger charge is -2.17. The van der Waals surface area contributed by atoms with E-state index in [1.807, 2.05) is 0 Å². The van der Waals surface area contributed by atoms with E-state index in [4.69, 9.17) is 28.3 Å². The maximum atomic E-state index is 13.4. The van der Waals surface area contributed by atoms with Crippen LogP contribution in [0.4, 0.5) is 4.39 Å². The lowest BCUT2D eigenvalue weighted by molar-refractivity contribution is 0.0784. The van der Waals surface area contributed by atoms with Crippen LogP contribution in [0.1, 0.15) is 23.2 Å². The molecule has 0 aliphatic carbocycles. The highest BCUT2D eigenvalue weighted by Gasteiger charge is 2.28. The second-order valence-corrected chi connectivity index (χ2v) is 5.48. The molecule has 1 atom stereocenters. The van der Waals surface area contributed by atoms with Crippen LogP contribution in [0.25, 0.3) is 0 Å². The van der Waals surface area contributed by atoms with Gasteiger partial charge in [-0.3, -0.25) is 4.79 Å². The molecular weight excluding hydrogens is 292 g/mol. The van der Waals surface area contributed by atoms with E-state index in [0.29, 0.717) is 25.4 Å². The highest BCUT2D eigenvalue weighted by molar-refractivity contribution is 6.36. The highest BCUT2D eigenvalue weighted by atomic mass is 35.5. The van der Waals surface area contributed by atoms with E-state index in [1.54, 1.807) is 4.90 Å². The zero-order valence-electron chi connectivity index (χ0n) is 10.2. The van der Waals surface area contributed by atoms with Gasteiger partial charge in [-0.05, 0) is 30.9 Å². The Kier molecular flexibility index (Phi) is 4.66. The molecule has 1 N–H and O–H groups in total. The molecule has 104 valence electrons. The maximum absolute atomic E-state index is 13.4. The molecule has 1 unspecified atom stereocenters. The SMILES string of the molecule is O=C(c1cc(F)c(Cl)cc1Cl)N1CCC(CCO)C1. The number of likely N-dealkylation sites (tertiary alicyclic amines) is 1. The first-order valence-electron chi connectivity index (χ1n) is 6.07. The Balaban J connectivity index is 2.15. The average Bonchev–Trinajstić information content (AvgIpc) is 2.82. The van der Waals surface area contributed by atoms with Gasteiger partial charge in [-0.25, -0.2) is 4.39 Å². The fourth-order valence-electron chi connectivity index (χ4n) is 2.29. The normalized spacial score (nSPS) is 18.9. The second kappa shape index (κ2) is 6.07. The predicted octanol–water partition coefficient (Wildman–Crippen LogP) is 2.98. The van der Waals surface area contributed by atoms with Gasteiger partial charge in [-0.2, -0.15) is 0 Å². The minimum Gasteiger partial charge on any atom is -0.396 e. The number of amides is 1. The Morgan fingerprint density at radius 1 is 1.42 bits per heavy atom. The summed E-state index contributed by atoms with van der Waals surface area (Å²) >= 11 is 11.5. The van der Waals surface area contributed by atoms with Crippen LogP contribution in [-0.4, -0.2) is 35.6 Å². The van der Waals surface area contributed by atoms with Gasteiger partial charge in [0, 0.05) is 19.7 Å². The van der Waals surface area contributed by atoms with Gasteiger partial charge in [0.2, 0.25) is 0 Å². The topological polar surface area (TPSA) is 40.5 Å². The van der Waals surface area contributed by atoms with Gasteiger partial charge in [-0.15, -0.1) is 0 Å². The van der Waals surface area contributed by atoms with Crippen LogP contribution >= 0.6 is 23.2 Å². The molecular formula is C13H14Cl2FNO2. The molecule has 1 saturated heterocycles. The summed E-state index contributed by atoms with van der Waals surface area (Å²) in [6.07, 6.45) is 1.52. The quantitative estimate of drug-likeness (QED) is 0.872. The number of carbonyl (C=O) groups is 1. The molecule has 1 aromatic carbocycles. The van der Waals surface area contributed by atoms with Crippen LogP contribution in [0, 0.1) is 11.7 Å². The van der Waals surface area contributed by atoms with Gasteiger partial charge < -0.3 is 10.0 Å². The molecule has 1 amide bonds. The van der Waals surface area contributed by atoms with Crippen molar-refractivity contribution < 1.29 is 14.3 Å². The first-order chi connectivity index (χ1) is 9.02. The van der Waals surface area contributed by atoms with Gasteiger partial charge in [0.15, 0.2) is 0 Å². The Hall–Kier alpha value is -0.840. The molecule has 1 aliphatic heterocycles. The van der Waals surface area contributed by atoms with Crippen molar-refractivity contribution in [1.29, 1.82) is 0 Å². The van der Waals surface area contributed by atoms with Gasteiger partial charge in [0.25, 0.3) is 5.91 Å². The number of benzene rings is 1. The van der Waals surface area contributed by atoms with Crippen molar-refractivity contribution in [3.05, 3.63) is 33.6 Å². The Morgan fingerprint density at radius 2 is 2.16 bits per heavy atom. The van der Waals surface area contributed by atoms with Crippen LogP contribution in [-0.2, 0) is 0 Å². The molecule has 1 heterocycles. The Morgan fingerprint density at radius 3 is 2.84 bits per heavy atom. The molecule has 1 fully saturated rings. The van der Waals surface area contributed by atoms with E-state index in [9.17, 15) is 9.18 Å². The monoisotopic (exact) mass is 305 g/mol. The molecule has 19 heavy (non-hydrogen) atoms. The predicted molar refractivity (Wildman–Crippen MR) is 72.1 cm³/mol. The summed E-state index contributed by atoms with van der Waals surface area (Å²) < 4.78 is 13.4. The van der Waals surface area contributed by atoms with Gasteiger partial charge >= 0.3 is 0 Å². The van der Waals surface area contributed by atoms with Crippen molar-refractivity contribution in [2.24, 2.45) is 5.92 Å². The van der Waals surface area contributed by atoms with Crippen molar-refractivity contribution >= 4 is 29.1 Å². The zero-order chi connectivity index (χ0) is 14.0. The molecule has 0 aromatic heterocycles. The standard InChI is InChI=1S/C13H14Cl2FNO2/c14-10-6-11(15)12(16)5-9(10)13(19)17-3-1-8(7-17)2-4-18/h5-6,8,18H,1-4,7H2. The number of nitrogens with zero attached hydrogens (tertiary/aromatic N) is 1. The average molecular weight is 306 g/mol. The summed E-state index contributed by atoms with van der Waals surface area (Å²) in [4.78, 5) is 13.9. The van der Waals surface area contributed by atoms with E-state index in [2.05, 4.69) is 0 Å². The third-order valence-corrected chi connectivity index (χ3v) is 3.95. The van der Waals surface area contributed by atoms with Crippen molar-refractivity contribution in [2.75, 3.05) is 19.7 Å². The number of hydrogen-bond acceptors (Lipinski definition) is 2. The van der Waals surface area contributed by atoms with Gasteiger partial charge in [0.1, 0.15) is 5.82 Å². The number of aliphatic hydroxyl groups is 1. The number of halogens is 3. The molecule has 1 aromatic rings. The number of carbonyl (C=O) groups excluding carboxylic acids is 1. The van der Waals surface area contributed by atoms with E-state index >= 15 is 0 Å². The van der Waals surface area contributed by atoms with Crippen LogP contribution < -0.4 is 0 Å². The Bertz CT molecular complexity index is 496. The van der Waals surface area contributed by atoms with Crippen LogP contribution in [0.3, 0.4) is 0 Å². The van der Waals surface area contributed by atoms with E-state index in [1.165, 1.54) is 6.07 Å². The van der Waals surface area contributed by atoms with Crippen molar-refractivity contribution in [2.45, 2.75) is 12.8 Å². The molecule has 0 bridgehead atoms. The summed E-state index contributed by atoms with van der Waals surface area (Å²) in [7, 11) is 0. The third-order valence-electron chi connectivity index (χ3n) is 3.35. The summed E-state index contributed by atoms with van der Waals surface area (Å²) in [5.41, 5.74) is 0.133. The third kappa shape index (κ3) is 3.19. The van der Waals surface area contributed by atoms with Crippen LogP contribution in [0.15, 0.2) is 12.1 Å². The van der Waals surface area contributed by atoms with E-state index < -0.39 is 5.82 Å². The van der Waals surface area contributed by atoms with Gasteiger partial charge in [0.05, 0.1) is 15.6 Å². The number of hydrogen-bond donors (Lipinski definition) is 1. The summed E-state index contributed by atoms with van der Waals surface area (Å²) in [5.74, 6) is -0.647. The highest BCUT2D eigenvalue weighted by Crippen LogP contribution is 2.27. The van der Waals surface area contributed by atoms with Crippen LogP contribution in [0.5, 0.6) is 0 Å². The second-order valence-electron chi connectivity index (χ2n) is 4.66. The van der Waals surface area contributed by atoms with E-state index in [0.717, 1.165) is 12.5 Å². The first-order valence-corrected chi connectivity index (χ1v) is 6.83. The van der Waals surface area contributed by atoms with Crippen molar-refractivity contribution in [3.63, 3.8) is 0 Å². The Labute approximate surface area is 120 Å². The minimum absolute atomic E-state index is 0.0962. The minimum atomic E-state index is -0.652. The van der Waals surface area contributed by atoms with E-state index in [-0.39, 0.29) is 28.1 Å².